The number of ether oxygens (including phenoxy) is 1. The summed E-state index contributed by atoms with van der Waals surface area (Å²) in [5.74, 6) is 1.15. The fourth-order valence-electron chi connectivity index (χ4n) is 3.08. The Kier molecular flexibility index (Phi) is 4.08. The predicted octanol–water partition coefficient (Wildman–Crippen LogP) is 2.97. The number of rotatable bonds is 4. The zero-order valence-electron chi connectivity index (χ0n) is 12.3. The quantitative estimate of drug-likeness (QED) is 0.878. The maximum atomic E-state index is 11.4. The molecule has 1 aliphatic rings. The third kappa shape index (κ3) is 2.86. The van der Waals surface area contributed by atoms with Crippen molar-refractivity contribution in [3.63, 3.8) is 0 Å². The molecule has 112 valence electrons. The van der Waals surface area contributed by atoms with Crippen LogP contribution in [0.15, 0.2) is 24.4 Å². The van der Waals surface area contributed by atoms with Gasteiger partial charge in [0.25, 0.3) is 0 Å². The molecule has 0 saturated heterocycles. The Bertz CT molecular complexity index is 629. The molecular formula is C16H21N3O2. The Morgan fingerprint density at radius 3 is 2.95 bits per heavy atom. The Hall–Kier alpha value is -2.04. The van der Waals surface area contributed by atoms with Crippen LogP contribution in [-0.2, 0) is 9.53 Å². The van der Waals surface area contributed by atoms with Crippen molar-refractivity contribution >= 4 is 17.4 Å². The maximum absolute atomic E-state index is 11.4. The van der Waals surface area contributed by atoms with Gasteiger partial charge in [-0.15, -0.1) is 0 Å². The molecule has 5 nitrogen and oxygen atoms in total. The van der Waals surface area contributed by atoms with Gasteiger partial charge in [-0.1, -0.05) is 25.3 Å². The lowest BCUT2D eigenvalue weighted by atomic mass is 9.87. The predicted molar refractivity (Wildman–Crippen MR) is 81.5 cm³/mol. The molecular weight excluding hydrogens is 266 g/mol. The van der Waals surface area contributed by atoms with Crippen molar-refractivity contribution in [2.75, 3.05) is 19.0 Å². The Morgan fingerprint density at radius 1 is 1.38 bits per heavy atom. The molecule has 0 bridgehead atoms. The first-order valence-corrected chi connectivity index (χ1v) is 7.57. The van der Waals surface area contributed by atoms with E-state index in [1.165, 1.54) is 39.2 Å². The maximum Gasteiger partial charge on any atom is 0.325 e. The summed E-state index contributed by atoms with van der Waals surface area (Å²) in [4.78, 5) is 16.2. The number of nitrogens with zero attached hydrogens (tertiary/aromatic N) is 2. The molecule has 0 aliphatic heterocycles. The van der Waals surface area contributed by atoms with E-state index in [1.807, 2.05) is 28.8 Å². The number of imidazole rings is 1. The molecule has 1 aliphatic carbocycles. The topological polar surface area (TPSA) is 55.6 Å². The minimum absolute atomic E-state index is 0.166. The number of esters is 1. The normalized spacial score (nSPS) is 16.0. The van der Waals surface area contributed by atoms with Gasteiger partial charge < -0.3 is 10.1 Å². The number of hydrogen-bond acceptors (Lipinski definition) is 4. The molecule has 1 saturated carbocycles. The zero-order valence-corrected chi connectivity index (χ0v) is 12.3. The summed E-state index contributed by atoms with van der Waals surface area (Å²) in [5.41, 5.74) is 2.01. The minimum Gasteiger partial charge on any atom is -0.468 e. The van der Waals surface area contributed by atoms with E-state index in [2.05, 4.69) is 5.32 Å². The highest BCUT2D eigenvalue weighted by Gasteiger charge is 2.23. The summed E-state index contributed by atoms with van der Waals surface area (Å²) in [6, 6.07) is 5.95. The molecule has 0 aromatic carbocycles. The highest BCUT2D eigenvalue weighted by atomic mass is 16.5. The van der Waals surface area contributed by atoms with Gasteiger partial charge in [0.05, 0.1) is 12.8 Å². The van der Waals surface area contributed by atoms with Crippen LogP contribution in [0.1, 0.15) is 43.7 Å². The molecule has 1 N–H and O–H groups in total. The van der Waals surface area contributed by atoms with Gasteiger partial charge in [0, 0.05) is 12.1 Å². The monoisotopic (exact) mass is 287 g/mol. The van der Waals surface area contributed by atoms with Crippen molar-refractivity contribution < 1.29 is 9.53 Å². The van der Waals surface area contributed by atoms with Crippen molar-refractivity contribution in [2.45, 2.75) is 38.0 Å². The lowest BCUT2D eigenvalue weighted by Gasteiger charge is -2.21. The molecule has 0 atom stereocenters. The van der Waals surface area contributed by atoms with Crippen LogP contribution < -0.4 is 5.32 Å². The van der Waals surface area contributed by atoms with E-state index >= 15 is 0 Å². The van der Waals surface area contributed by atoms with Crippen molar-refractivity contribution in [1.82, 2.24) is 9.38 Å². The minimum atomic E-state index is -0.268. The van der Waals surface area contributed by atoms with Gasteiger partial charge in [-0.2, -0.15) is 0 Å². The van der Waals surface area contributed by atoms with Crippen molar-refractivity contribution in [3.05, 3.63) is 30.1 Å². The number of fused-ring (bicyclic) bond motifs is 1. The number of aromatic nitrogens is 2. The summed E-state index contributed by atoms with van der Waals surface area (Å²) >= 11 is 0. The zero-order chi connectivity index (χ0) is 14.7. The Morgan fingerprint density at radius 2 is 2.19 bits per heavy atom. The second kappa shape index (κ2) is 6.16. The lowest BCUT2D eigenvalue weighted by molar-refractivity contribution is -0.138. The molecule has 0 unspecified atom stereocenters. The second-order valence-corrected chi connectivity index (χ2v) is 5.54. The van der Waals surface area contributed by atoms with E-state index in [0.717, 1.165) is 17.2 Å². The van der Waals surface area contributed by atoms with E-state index < -0.39 is 0 Å². The van der Waals surface area contributed by atoms with Crippen LogP contribution >= 0.6 is 0 Å². The van der Waals surface area contributed by atoms with E-state index in [0.29, 0.717) is 5.92 Å². The van der Waals surface area contributed by atoms with E-state index in [-0.39, 0.29) is 12.5 Å². The molecule has 0 spiro atoms. The van der Waals surface area contributed by atoms with Crippen molar-refractivity contribution in [2.24, 2.45) is 0 Å². The van der Waals surface area contributed by atoms with Gasteiger partial charge in [-0.25, -0.2) is 4.98 Å². The number of hydrogen-bond donors (Lipinski definition) is 1. The average molecular weight is 287 g/mol. The highest BCUT2D eigenvalue weighted by molar-refractivity contribution is 5.75. The van der Waals surface area contributed by atoms with Gasteiger partial charge in [-0.05, 0) is 25.0 Å². The first kappa shape index (κ1) is 13.9. The SMILES string of the molecule is COC(=O)CNc1c(C2CCCCC2)nc2ccccn12. The van der Waals surface area contributed by atoms with Crippen LogP contribution in [0.2, 0.25) is 0 Å². The Labute approximate surface area is 124 Å². The van der Waals surface area contributed by atoms with Crippen LogP contribution in [0, 0.1) is 0 Å². The van der Waals surface area contributed by atoms with Gasteiger partial charge in [-0.3, -0.25) is 9.20 Å². The van der Waals surface area contributed by atoms with Crippen LogP contribution in [0.25, 0.3) is 5.65 Å². The van der Waals surface area contributed by atoms with Crippen LogP contribution in [-0.4, -0.2) is 29.0 Å². The van der Waals surface area contributed by atoms with E-state index in [1.54, 1.807) is 0 Å². The lowest BCUT2D eigenvalue weighted by Crippen LogP contribution is -2.18. The molecule has 5 heteroatoms. The molecule has 3 rings (SSSR count). The summed E-state index contributed by atoms with van der Waals surface area (Å²) in [6.07, 6.45) is 8.17. The molecule has 0 radical (unpaired) electrons. The number of anilines is 1. The second-order valence-electron chi connectivity index (χ2n) is 5.54. The molecule has 2 aromatic heterocycles. The summed E-state index contributed by atoms with van der Waals surface area (Å²) < 4.78 is 6.74. The number of carbonyl (C=O) groups excluding carboxylic acids is 1. The van der Waals surface area contributed by atoms with Gasteiger partial charge in [0.2, 0.25) is 0 Å². The highest BCUT2D eigenvalue weighted by Crippen LogP contribution is 2.36. The van der Waals surface area contributed by atoms with Crippen LogP contribution in [0.4, 0.5) is 5.82 Å². The van der Waals surface area contributed by atoms with Crippen molar-refractivity contribution in [3.8, 4) is 0 Å². The van der Waals surface area contributed by atoms with Gasteiger partial charge in [0.15, 0.2) is 0 Å². The molecule has 21 heavy (non-hydrogen) atoms. The summed E-state index contributed by atoms with van der Waals surface area (Å²) in [7, 11) is 1.40. The Balaban J connectivity index is 1.94. The third-order valence-electron chi connectivity index (χ3n) is 4.18. The first-order chi connectivity index (χ1) is 10.3. The molecule has 0 amide bonds. The van der Waals surface area contributed by atoms with Gasteiger partial charge >= 0.3 is 5.97 Å². The first-order valence-electron chi connectivity index (χ1n) is 7.57. The molecule has 2 heterocycles. The summed E-state index contributed by atoms with van der Waals surface area (Å²) in [5, 5.41) is 3.21. The van der Waals surface area contributed by atoms with Crippen LogP contribution in [0.5, 0.6) is 0 Å². The largest absolute Gasteiger partial charge is 0.468 e. The number of methoxy groups -OCH3 is 1. The molecule has 2 aromatic rings. The summed E-state index contributed by atoms with van der Waals surface area (Å²) in [6.45, 7) is 0.166. The fraction of sp³-hybridized carbons (Fsp3) is 0.500. The van der Waals surface area contributed by atoms with Crippen LogP contribution in [0.3, 0.4) is 0 Å². The van der Waals surface area contributed by atoms with Crippen molar-refractivity contribution in [1.29, 1.82) is 0 Å². The average Bonchev–Trinajstić information content (AvgIpc) is 2.92. The van der Waals surface area contributed by atoms with E-state index in [9.17, 15) is 4.79 Å². The smallest absolute Gasteiger partial charge is 0.325 e. The fourth-order valence-corrected chi connectivity index (χ4v) is 3.08. The van der Waals surface area contributed by atoms with E-state index in [4.69, 9.17) is 9.72 Å². The number of nitrogens with one attached hydrogen (secondary N) is 1. The van der Waals surface area contributed by atoms with Gasteiger partial charge in [0.1, 0.15) is 18.0 Å². The third-order valence-corrected chi connectivity index (χ3v) is 4.18. The standard InChI is InChI=1S/C16H21N3O2/c1-21-14(20)11-17-16-15(12-7-3-2-4-8-12)18-13-9-5-6-10-19(13)16/h5-6,9-10,12,17H,2-4,7-8,11H2,1H3. The number of pyridine rings is 1. The molecule has 1 fully saturated rings. The number of carbonyl (C=O) groups is 1.